The lowest BCUT2D eigenvalue weighted by atomic mass is 9.11. The molecule has 5 fully saturated rings. The van der Waals surface area contributed by atoms with Crippen LogP contribution in [0.3, 0.4) is 0 Å². The van der Waals surface area contributed by atoms with Gasteiger partial charge in [-0.25, -0.2) is 0 Å². The number of thiophene rings is 1. The van der Waals surface area contributed by atoms with Crippen LogP contribution in [-0.4, -0.2) is 0 Å². The highest BCUT2D eigenvalue weighted by Gasteiger charge is 2.90. The topological polar surface area (TPSA) is 3.24 Å². The Morgan fingerprint density at radius 2 is 1.07 bits per heavy atom. The van der Waals surface area contributed by atoms with E-state index in [4.69, 9.17) is 0 Å². The van der Waals surface area contributed by atoms with E-state index in [1.54, 1.807) is 11.1 Å². The number of benzene rings is 9. The highest BCUT2D eigenvalue weighted by atomic mass is 32.1. The van der Waals surface area contributed by atoms with Gasteiger partial charge in [0.25, 0.3) is 0 Å². The molecule has 69 heavy (non-hydrogen) atoms. The predicted octanol–water partition coefficient (Wildman–Crippen LogP) is 18.7. The van der Waals surface area contributed by atoms with Crippen LogP contribution in [0.5, 0.6) is 0 Å². The van der Waals surface area contributed by atoms with Crippen LogP contribution >= 0.6 is 11.3 Å². The molecule has 4 atom stereocenters. The summed E-state index contributed by atoms with van der Waals surface area (Å²) in [6.07, 6.45) is 10.8. The van der Waals surface area contributed by atoms with E-state index in [9.17, 15) is 0 Å². The molecule has 1 nitrogen and oxygen atoms in total. The number of hydrogen-bond acceptors (Lipinski definition) is 2. The molecule has 0 aliphatic heterocycles. The number of fused-ring (bicyclic) bond motifs is 11. The fourth-order valence-corrected chi connectivity index (χ4v) is 17.7. The largest absolute Gasteiger partial charge is 0.309 e. The van der Waals surface area contributed by atoms with Crippen molar-refractivity contribution in [2.45, 2.75) is 62.7 Å². The van der Waals surface area contributed by atoms with Crippen LogP contribution in [0.15, 0.2) is 194 Å². The molecule has 5 saturated carbocycles. The van der Waals surface area contributed by atoms with Gasteiger partial charge in [0.2, 0.25) is 0 Å². The van der Waals surface area contributed by atoms with Gasteiger partial charge in [-0.3, -0.25) is 0 Å². The molecular weight excluding hydrogens is 851 g/mol. The van der Waals surface area contributed by atoms with Crippen molar-refractivity contribution < 1.29 is 0 Å². The van der Waals surface area contributed by atoms with Crippen LogP contribution in [0.2, 0.25) is 0 Å². The third kappa shape index (κ3) is 5.06. The molecule has 2 spiro atoms. The summed E-state index contributed by atoms with van der Waals surface area (Å²) in [5.74, 6) is 4.14. The van der Waals surface area contributed by atoms with Crippen LogP contribution in [0.25, 0.3) is 75.5 Å². The monoisotopic (exact) mass is 903 g/mol. The van der Waals surface area contributed by atoms with Crippen molar-refractivity contribution in [3.63, 3.8) is 0 Å². The molecule has 2 heteroatoms. The van der Waals surface area contributed by atoms with Gasteiger partial charge in [-0.1, -0.05) is 177 Å². The average molecular weight is 904 g/mol. The van der Waals surface area contributed by atoms with Crippen molar-refractivity contribution in [3.05, 3.63) is 211 Å². The molecule has 16 rings (SSSR count). The Balaban J connectivity index is 0.888. The Hall–Kier alpha value is -6.74. The molecule has 6 aliphatic carbocycles. The third-order valence-corrected chi connectivity index (χ3v) is 20.4. The van der Waals surface area contributed by atoms with E-state index in [1.807, 2.05) is 11.3 Å². The summed E-state index contributed by atoms with van der Waals surface area (Å²) >= 11 is 1.91. The van der Waals surface area contributed by atoms with Gasteiger partial charge in [0.05, 0.1) is 11.4 Å². The summed E-state index contributed by atoms with van der Waals surface area (Å²) in [6, 6.07) is 74.9. The summed E-state index contributed by atoms with van der Waals surface area (Å²) < 4.78 is 2.69. The van der Waals surface area contributed by atoms with Crippen molar-refractivity contribution in [1.82, 2.24) is 0 Å². The molecule has 6 aliphatic rings. The molecule has 1 heterocycles. The normalized spacial score (nSPS) is 24.7. The summed E-state index contributed by atoms with van der Waals surface area (Å²) in [4.78, 5) is 2.59. The van der Waals surface area contributed by atoms with Crippen LogP contribution in [0, 0.1) is 29.1 Å². The van der Waals surface area contributed by atoms with E-state index in [2.05, 4.69) is 199 Å². The number of anilines is 3. The SMILES string of the molecule is c1ccc(N(c2ccc(-c3cccc4c3sc3ccccc34)cc2)c2ccccc2-c2cccc3cccc(C4CCCCC4)c23)c(-c2ccc3c(c2)C2(c4ccccc4-3)C3CC4CC5CC2C453)c1. The van der Waals surface area contributed by atoms with Gasteiger partial charge in [-0.05, 0) is 164 Å². The Labute approximate surface area is 409 Å². The van der Waals surface area contributed by atoms with Crippen LogP contribution < -0.4 is 4.90 Å². The van der Waals surface area contributed by atoms with E-state index in [0.29, 0.717) is 11.3 Å². The van der Waals surface area contributed by atoms with Crippen LogP contribution in [0.1, 0.15) is 74.0 Å². The minimum Gasteiger partial charge on any atom is -0.309 e. The molecular formula is C67H53NS. The second-order valence-corrected chi connectivity index (χ2v) is 22.7. The number of rotatable bonds is 7. The number of nitrogens with zero attached hydrogens (tertiary/aromatic N) is 1. The van der Waals surface area contributed by atoms with Crippen molar-refractivity contribution in [2.75, 3.05) is 4.90 Å². The van der Waals surface area contributed by atoms with Crippen molar-refractivity contribution >= 4 is 59.3 Å². The molecule has 0 radical (unpaired) electrons. The van der Waals surface area contributed by atoms with Gasteiger partial charge in [0.1, 0.15) is 0 Å². The van der Waals surface area contributed by atoms with Crippen molar-refractivity contribution in [2.24, 2.45) is 29.1 Å². The zero-order valence-corrected chi connectivity index (χ0v) is 39.7. The lowest BCUT2D eigenvalue weighted by molar-refractivity contribution is -0.412. The first-order chi connectivity index (χ1) is 34.2. The lowest BCUT2D eigenvalue weighted by Crippen LogP contribution is -2.88. The third-order valence-electron chi connectivity index (χ3n) is 19.2. The molecule has 0 N–H and O–H groups in total. The zero-order valence-electron chi connectivity index (χ0n) is 38.9. The van der Waals surface area contributed by atoms with Gasteiger partial charge < -0.3 is 4.90 Å². The Kier molecular flexibility index (Phi) is 8.17. The summed E-state index contributed by atoms with van der Waals surface area (Å²) in [5, 5.41) is 5.43. The van der Waals surface area contributed by atoms with Gasteiger partial charge in [-0.15, -0.1) is 11.3 Å². The Morgan fingerprint density at radius 1 is 0.449 bits per heavy atom. The maximum atomic E-state index is 2.67. The molecule has 10 aromatic rings. The second-order valence-electron chi connectivity index (χ2n) is 21.7. The molecule has 9 aromatic carbocycles. The first-order valence-corrected chi connectivity index (χ1v) is 26.8. The fourth-order valence-electron chi connectivity index (χ4n) is 16.5. The zero-order chi connectivity index (χ0) is 45.0. The van der Waals surface area contributed by atoms with Gasteiger partial charge in [0, 0.05) is 42.4 Å². The molecule has 0 amide bonds. The minimum atomic E-state index is 0.161. The fraction of sp³-hybridized carbons (Fsp3) is 0.224. The smallest absolute Gasteiger partial charge is 0.0540 e. The number of para-hydroxylation sites is 2. The molecule has 1 aromatic heterocycles. The average Bonchev–Trinajstić information content (AvgIpc) is 3.92. The van der Waals surface area contributed by atoms with Crippen LogP contribution in [-0.2, 0) is 5.41 Å². The lowest BCUT2D eigenvalue weighted by Gasteiger charge is -2.92. The first-order valence-electron chi connectivity index (χ1n) is 26.0. The van der Waals surface area contributed by atoms with E-state index >= 15 is 0 Å². The standard InChI is InChI=1S/C67H53NS/c1-2-15-41(16-3-1)49-23-12-17-43-18-13-25-55(64(43)49)53-21-6-10-29-60(53)68(47-34-31-42(32-35-47)50-24-14-26-56-54-22-7-11-30-61(54)69-65(50)56)59-28-9-5-19-48(59)44-33-36-52-51-20-4-8-27-57(51)67(58(52)37-44)62-39-45-38-46-40-63(67)66(45,46)62/h4-14,17-37,41,45-46,62-63H,1-3,15-16,38-40H2. The Bertz CT molecular complexity index is 3730. The predicted molar refractivity (Wildman–Crippen MR) is 290 cm³/mol. The van der Waals surface area contributed by atoms with Gasteiger partial charge in [-0.2, -0.15) is 0 Å². The minimum absolute atomic E-state index is 0.161. The quantitative estimate of drug-likeness (QED) is 0.154. The maximum Gasteiger partial charge on any atom is 0.0540 e. The van der Waals surface area contributed by atoms with Gasteiger partial charge >= 0.3 is 0 Å². The molecule has 4 unspecified atom stereocenters. The summed E-state index contributed by atoms with van der Waals surface area (Å²) in [5.41, 5.74) is 19.8. The molecule has 0 saturated heterocycles. The summed E-state index contributed by atoms with van der Waals surface area (Å²) in [7, 11) is 0. The highest BCUT2D eigenvalue weighted by molar-refractivity contribution is 7.26. The van der Waals surface area contributed by atoms with E-state index in [-0.39, 0.29) is 5.41 Å². The highest BCUT2D eigenvalue weighted by Crippen LogP contribution is 2.94. The van der Waals surface area contributed by atoms with E-state index in [0.717, 1.165) is 29.4 Å². The van der Waals surface area contributed by atoms with E-state index < -0.39 is 0 Å². The first kappa shape index (κ1) is 39.1. The second kappa shape index (κ2) is 14.4. The summed E-state index contributed by atoms with van der Waals surface area (Å²) in [6.45, 7) is 0. The van der Waals surface area contributed by atoms with Gasteiger partial charge in [0.15, 0.2) is 0 Å². The van der Waals surface area contributed by atoms with Crippen molar-refractivity contribution in [3.8, 4) is 44.5 Å². The Morgan fingerprint density at radius 3 is 1.88 bits per heavy atom. The van der Waals surface area contributed by atoms with Crippen molar-refractivity contribution in [1.29, 1.82) is 0 Å². The van der Waals surface area contributed by atoms with E-state index in [1.165, 1.54) is 144 Å². The maximum absolute atomic E-state index is 2.67. The molecule has 332 valence electrons. The number of hydrogen-bond donors (Lipinski definition) is 0. The molecule has 0 bridgehead atoms. The van der Waals surface area contributed by atoms with Crippen LogP contribution in [0.4, 0.5) is 17.1 Å².